The molecule has 14 heavy (non-hydrogen) atoms. The number of nitrogens with one attached hydrogen (secondary N) is 1. The summed E-state index contributed by atoms with van der Waals surface area (Å²) in [5, 5.41) is 2.51. The van der Waals surface area contributed by atoms with Crippen molar-refractivity contribution >= 4 is 11.5 Å². The van der Waals surface area contributed by atoms with Crippen LogP contribution < -0.4 is 11.1 Å². The molecule has 1 rings (SSSR count). The van der Waals surface area contributed by atoms with Crippen LogP contribution in [0.4, 0.5) is 20.3 Å². The van der Waals surface area contributed by atoms with Crippen LogP contribution in [0.3, 0.4) is 0 Å². The maximum Gasteiger partial charge on any atom is 0.262 e. The molecule has 0 atom stereocenters. The van der Waals surface area contributed by atoms with Gasteiger partial charge in [-0.1, -0.05) is 0 Å². The van der Waals surface area contributed by atoms with Gasteiger partial charge in [0.25, 0.3) is 5.92 Å². The van der Waals surface area contributed by atoms with Crippen LogP contribution in [0.1, 0.15) is 12.5 Å². The van der Waals surface area contributed by atoms with Crippen molar-refractivity contribution in [2.45, 2.75) is 19.8 Å². The van der Waals surface area contributed by atoms with E-state index < -0.39 is 12.5 Å². The van der Waals surface area contributed by atoms with Crippen molar-refractivity contribution in [2.75, 3.05) is 17.6 Å². The first-order valence-corrected chi connectivity index (χ1v) is 4.22. The number of pyridine rings is 1. The summed E-state index contributed by atoms with van der Waals surface area (Å²) in [6.07, 6.45) is 1.55. The Labute approximate surface area is 81.3 Å². The highest BCUT2D eigenvalue weighted by Gasteiger charge is 2.20. The summed E-state index contributed by atoms with van der Waals surface area (Å²) >= 11 is 0. The fraction of sp³-hybridized carbons (Fsp3) is 0.444. The zero-order valence-corrected chi connectivity index (χ0v) is 8.14. The molecule has 78 valence electrons. The Balaban J connectivity index is 2.65. The summed E-state index contributed by atoms with van der Waals surface area (Å²) in [6, 6.07) is 1.54. The van der Waals surface area contributed by atoms with Gasteiger partial charge in [-0.15, -0.1) is 0 Å². The summed E-state index contributed by atoms with van der Waals surface area (Å²) in [5.74, 6) is -2.38. The molecule has 1 heterocycles. The predicted octanol–water partition coefficient (Wildman–Crippen LogP) is 2.04. The molecule has 0 aliphatic carbocycles. The van der Waals surface area contributed by atoms with Gasteiger partial charge in [0.1, 0.15) is 5.82 Å². The van der Waals surface area contributed by atoms with Gasteiger partial charge in [-0.2, -0.15) is 0 Å². The van der Waals surface area contributed by atoms with Crippen LogP contribution in [0.25, 0.3) is 0 Å². The molecule has 1 aromatic rings. The van der Waals surface area contributed by atoms with Crippen molar-refractivity contribution in [3.05, 3.63) is 17.8 Å². The van der Waals surface area contributed by atoms with E-state index in [4.69, 9.17) is 5.73 Å². The summed E-state index contributed by atoms with van der Waals surface area (Å²) in [7, 11) is 0. The van der Waals surface area contributed by atoms with Crippen molar-refractivity contribution in [2.24, 2.45) is 0 Å². The van der Waals surface area contributed by atoms with E-state index in [0.29, 0.717) is 11.5 Å². The van der Waals surface area contributed by atoms with Gasteiger partial charge in [0.15, 0.2) is 0 Å². The summed E-state index contributed by atoms with van der Waals surface area (Å²) in [5.41, 5.74) is 6.97. The molecule has 0 aromatic carbocycles. The van der Waals surface area contributed by atoms with Crippen LogP contribution in [0.5, 0.6) is 0 Å². The van der Waals surface area contributed by atoms with Gasteiger partial charge in [-0.05, 0) is 12.5 Å². The van der Waals surface area contributed by atoms with Gasteiger partial charge >= 0.3 is 0 Å². The number of nitrogen functional groups attached to an aromatic ring is 1. The van der Waals surface area contributed by atoms with Crippen LogP contribution in [0.15, 0.2) is 12.3 Å². The minimum atomic E-state index is -2.75. The highest BCUT2D eigenvalue weighted by molar-refractivity contribution is 5.53. The van der Waals surface area contributed by atoms with Gasteiger partial charge in [-0.3, -0.25) is 0 Å². The Morgan fingerprint density at radius 2 is 2.21 bits per heavy atom. The van der Waals surface area contributed by atoms with E-state index in [1.165, 1.54) is 0 Å². The molecule has 0 unspecified atom stereocenters. The van der Waals surface area contributed by atoms with E-state index in [2.05, 4.69) is 10.3 Å². The molecule has 0 saturated carbocycles. The lowest BCUT2D eigenvalue weighted by atomic mass is 10.2. The van der Waals surface area contributed by atoms with Crippen LogP contribution >= 0.6 is 0 Å². The lowest BCUT2D eigenvalue weighted by Crippen LogP contribution is -2.23. The number of nitrogens with two attached hydrogens (primary N) is 1. The zero-order valence-electron chi connectivity index (χ0n) is 8.14. The summed E-state index contributed by atoms with van der Waals surface area (Å²) < 4.78 is 24.9. The molecule has 3 N–H and O–H groups in total. The van der Waals surface area contributed by atoms with Gasteiger partial charge < -0.3 is 11.1 Å². The maximum absolute atomic E-state index is 12.5. The molecule has 0 amide bonds. The quantitative estimate of drug-likeness (QED) is 0.786. The number of aromatic nitrogens is 1. The SMILES string of the molecule is Cc1cnc(NCC(C)(F)F)cc1N. The van der Waals surface area contributed by atoms with Crippen molar-refractivity contribution in [1.29, 1.82) is 0 Å². The molecule has 0 aliphatic heterocycles. The van der Waals surface area contributed by atoms with Crippen LogP contribution in [0.2, 0.25) is 0 Å². The third-order valence-electron chi connectivity index (χ3n) is 1.72. The largest absolute Gasteiger partial charge is 0.398 e. The van der Waals surface area contributed by atoms with E-state index in [1.807, 2.05) is 0 Å². The molecular weight excluding hydrogens is 188 g/mol. The topological polar surface area (TPSA) is 50.9 Å². The van der Waals surface area contributed by atoms with Crippen molar-refractivity contribution in [3.8, 4) is 0 Å². The molecular formula is C9H13F2N3. The Hall–Kier alpha value is -1.39. The van der Waals surface area contributed by atoms with Gasteiger partial charge in [-0.25, -0.2) is 13.8 Å². The predicted molar refractivity (Wildman–Crippen MR) is 52.5 cm³/mol. The molecule has 0 fully saturated rings. The molecule has 1 aromatic heterocycles. The van der Waals surface area contributed by atoms with E-state index in [0.717, 1.165) is 12.5 Å². The average molecular weight is 201 g/mol. The summed E-state index contributed by atoms with van der Waals surface area (Å²) in [6.45, 7) is 2.21. The highest BCUT2D eigenvalue weighted by atomic mass is 19.3. The average Bonchev–Trinajstić information content (AvgIpc) is 2.06. The van der Waals surface area contributed by atoms with E-state index in [9.17, 15) is 8.78 Å². The second-order valence-electron chi connectivity index (χ2n) is 3.35. The fourth-order valence-electron chi connectivity index (χ4n) is 0.882. The first-order chi connectivity index (χ1) is 6.38. The number of hydrogen-bond acceptors (Lipinski definition) is 3. The zero-order chi connectivity index (χ0) is 10.8. The number of aryl methyl sites for hydroxylation is 1. The monoisotopic (exact) mass is 201 g/mol. The Morgan fingerprint density at radius 1 is 1.57 bits per heavy atom. The lowest BCUT2D eigenvalue weighted by Gasteiger charge is -2.12. The lowest BCUT2D eigenvalue weighted by molar-refractivity contribution is 0.0367. The minimum Gasteiger partial charge on any atom is -0.398 e. The Morgan fingerprint density at radius 3 is 2.71 bits per heavy atom. The van der Waals surface area contributed by atoms with Crippen LogP contribution in [-0.4, -0.2) is 17.5 Å². The van der Waals surface area contributed by atoms with Crippen molar-refractivity contribution in [3.63, 3.8) is 0 Å². The molecule has 0 radical (unpaired) electrons. The van der Waals surface area contributed by atoms with Crippen LogP contribution in [-0.2, 0) is 0 Å². The minimum absolute atomic E-state index is 0.370. The third kappa shape index (κ3) is 3.16. The second-order valence-corrected chi connectivity index (χ2v) is 3.35. The molecule has 0 aliphatic rings. The number of nitrogens with zero attached hydrogens (tertiary/aromatic N) is 1. The third-order valence-corrected chi connectivity index (χ3v) is 1.72. The molecule has 5 heteroatoms. The van der Waals surface area contributed by atoms with Gasteiger partial charge in [0.05, 0.1) is 6.54 Å². The first kappa shape index (κ1) is 10.7. The second kappa shape index (κ2) is 3.77. The number of hydrogen-bond donors (Lipinski definition) is 2. The molecule has 0 bridgehead atoms. The number of halogens is 2. The van der Waals surface area contributed by atoms with Gasteiger partial charge in [0.2, 0.25) is 0 Å². The van der Waals surface area contributed by atoms with Crippen molar-refractivity contribution in [1.82, 2.24) is 4.98 Å². The van der Waals surface area contributed by atoms with E-state index in [1.54, 1.807) is 19.2 Å². The number of alkyl halides is 2. The number of rotatable bonds is 3. The molecule has 0 saturated heterocycles. The molecule has 3 nitrogen and oxygen atoms in total. The Kier molecular flexibility index (Phi) is 2.88. The fourth-order valence-corrected chi connectivity index (χ4v) is 0.882. The number of anilines is 2. The van der Waals surface area contributed by atoms with Crippen LogP contribution in [0, 0.1) is 6.92 Å². The smallest absolute Gasteiger partial charge is 0.262 e. The summed E-state index contributed by atoms with van der Waals surface area (Å²) in [4.78, 5) is 3.92. The Bertz CT molecular complexity index is 320. The normalized spacial score (nSPS) is 11.4. The maximum atomic E-state index is 12.5. The van der Waals surface area contributed by atoms with E-state index in [-0.39, 0.29) is 0 Å². The molecule has 0 spiro atoms. The first-order valence-electron chi connectivity index (χ1n) is 4.22. The van der Waals surface area contributed by atoms with Gasteiger partial charge in [0, 0.05) is 24.9 Å². The van der Waals surface area contributed by atoms with E-state index >= 15 is 0 Å². The van der Waals surface area contributed by atoms with Crippen molar-refractivity contribution < 1.29 is 8.78 Å². The standard InChI is InChI=1S/C9H13F2N3/c1-6-4-13-8(3-7(6)12)14-5-9(2,10)11/h3-4H,5H2,1-2H3,(H3,12,13,14). The highest BCUT2D eigenvalue weighted by Crippen LogP contribution is 2.16.